The van der Waals surface area contributed by atoms with Crippen LogP contribution in [0.25, 0.3) is 0 Å². The Labute approximate surface area is 227 Å². The van der Waals surface area contributed by atoms with Crippen molar-refractivity contribution < 1.29 is 19.4 Å². The van der Waals surface area contributed by atoms with Crippen LogP contribution in [0.1, 0.15) is 131 Å². The fourth-order valence-electron chi connectivity index (χ4n) is 10.4. The molecule has 0 aromatic heterocycles. The van der Waals surface area contributed by atoms with Crippen molar-refractivity contribution in [3.8, 4) is 0 Å². The van der Waals surface area contributed by atoms with Crippen molar-refractivity contribution in [1.82, 2.24) is 0 Å². The molecule has 4 rings (SSSR count). The highest BCUT2D eigenvalue weighted by molar-refractivity contribution is 5.76. The van der Waals surface area contributed by atoms with Gasteiger partial charge in [-0.2, -0.15) is 0 Å². The highest BCUT2D eigenvalue weighted by atomic mass is 16.5. The van der Waals surface area contributed by atoms with E-state index in [1.54, 1.807) is 0 Å². The van der Waals surface area contributed by atoms with Gasteiger partial charge in [0.2, 0.25) is 0 Å². The van der Waals surface area contributed by atoms with Crippen LogP contribution in [0, 0.1) is 58.2 Å². The topological polar surface area (TPSA) is 63.6 Å². The van der Waals surface area contributed by atoms with Gasteiger partial charge >= 0.3 is 11.9 Å². The van der Waals surface area contributed by atoms with Gasteiger partial charge in [-0.05, 0) is 122 Å². The van der Waals surface area contributed by atoms with Crippen LogP contribution in [-0.4, -0.2) is 23.7 Å². The number of carboxylic acid groups (broad SMARTS) is 1. The van der Waals surface area contributed by atoms with Gasteiger partial charge in [-0.15, -0.1) is 0 Å². The predicted molar refractivity (Wildman–Crippen MR) is 149 cm³/mol. The fourth-order valence-corrected chi connectivity index (χ4v) is 10.4. The number of rotatable bonds is 11. The van der Waals surface area contributed by atoms with Crippen LogP contribution < -0.4 is 0 Å². The van der Waals surface area contributed by atoms with E-state index < -0.39 is 5.97 Å². The number of carbonyl (C=O) groups excluding carboxylic acids is 1. The summed E-state index contributed by atoms with van der Waals surface area (Å²) in [6.45, 7) is 12.9. The second-order valence-electron chi connectivity index (χ2n) is 14.6. The molecule has 37 heavy (non-hydrogen) atoms. The first kappa shape index (κ1) is 28.9. The van der Waals surface area contributed by atoms with Crippen molar-refractivity contribution in [2.45, 2.75) is 131 Å². The quantitative estimate of drug-likeness (QED) is 0.280. The molecule has 1 N–H and O–H groups in total. The molecule has 4 aliphatic carbocycles. The average Bonchev–Trinajstić information content (AvgIpc) is 3.21. The standard InChI is InChI=1S/C33H56O4/c1-22(2)24(18-21-37-31(36)16-15-30(34)35)10-9-23(3)27-13-14-28-26-12-11-25-8-6-7-19-32(25,4)29(26)17-20-33(27,28)5/h22-29H,6-21H2,1-5H3,(H,34,35)/t23?,24?,25?,26-,27+,28-,29-,32-,33+/m0/s1. The summed E-state index contributed by atoms with van der Waals surface area (Å²) in [6.07, 6.45) is 18.0. The molecule has 4 aliphatic rings. The first-order chi connectivity index (χ1) is 17.6. The number of hydrogen-bond donors (Lipinski definition) is 1. The van der Waals surface area contributed by atoms with Gasteiger partial charge in [0.25, 0.3) is 0 Å². The molecule has 0 bridgehead atoms. The maximum Gasteiger partial charge on any atom is 0.306 e. The Kier molecular flexibility index (Phi) is 9.38. The van der Waals surface area contributed by atoms with Crippen molar-refractivity contribution in [2.75, 3.05) is 6.61 Å². The molecule has 0 aromatic carbocycles. The number of hydrogen-bond acceptors (Lipinski definition) is 3. The van der Waals surface area contributed by atoms with Gasteiger partial charge in [0.1, 0.15) is 0 Å². The van der Waals surface area contributed by atoms with E-state index in [9.17, 15) is 9.59 Å². The van der Waals surface area contributed by atoms with Crippen LogP contribution in [0.15, 0.2) is 0 Å². The summed E-state index contributed by atoms with van der Waals surface area (Å²) >= 11 is 0. The molecule has 9 atom stereocenters. The van der Waals surface area contributed by atoms with Gasteiger partial charge in [-0.3, -0.25) is 9.59 Å². The van der Waals surface area contributed by atoms with Crippen molar-refractivity contribution in [2.24, 2.45) is 58.2 Å². The van der Waals surface area contributed by atoms with Crippen LogP contribution >= 0.6 is 0 Å². The van der Waals surface area contributed by atoms with E-state index in [-0.39, 0.29) is 18.8 Å². The average molecular weight is 517 g/mol. The van der Waals surface area contributed by atoms with Crippen LogP contribution in [-0.2, 0) is 14.3 Å². The monoisotopic (exact) mass is 516 g/mol. The molecule has 0 aromatic rings. The highest BCUT2D eigenvalue weighted by Gasteiger charge is 2.60. The number of carboxylic acids is 1. The molecule has 0 aliphatic heterocycles. The number of esters is 1. The molecular weight excluding hydrogens is 460 g/mol. The molecule has 212 valence electrons. The summed E-state index contributed by atoms with van der Waals surface area (Å²) in [5.74, 6) is 5.34. The summed E-state index contributed by atoms with van der Waals surface area (Å²) in [5, 5.41) is 8.76. The summed E-state index contributed by atoms with van der Waals surface area (Å²) in [4.78, 5) is 22.5. The molecule has 0 heterocycles. The van der Waals surface area contributed by atoms with Crippen molar-refractivity contribution in [3.05, 3.63) is 0 Å². The largest absolute Gasteiger partial charge is 0.481 e. The summed E-state index contributed by atoms with van der Waals surface area (Å²) in [6, 6.07) is 0. The Hall–Kier alpha value is -1.06. The molecule has 0 amide bonds. The van der Waals surface area contributed by atoms with E-state index in [1.165, 1.54) is 77.0 Å². The van der Waals surface area contributed by atoms with Gasteiger partial charge in [-0.25, -0.2) is 0 Å². The SMILES string of the molecule is CC(C)C(CCOC(=O)CCC(=O)O)CCC(C)[C@H]1CC[C@H]2[C@@H]3CCC4CCCC[C@]4(C)[C@H]3CC[C@]12C. The van der Waals surface area contributed by atoms with Crippen molar-refractivity contribution >= 4 is 11.9 Å². The van der Waals surface area contributed by atoms with Gasteiger partial charge in [0.15, 0.2) is 0 Å². The molecule has 4 nitrogen and oxygen atoms in total. The molecule has 4 fully saturated rings. The molecular formula is C33H56O4. The lowest BCUT2D eigenvalue weighted by Crippen LogP contribution is -2.53. The van der Waals surface area contributed by atoms with E-state index in [4.69, 9.17) is 9.84 Å². The van der Waals surface area contributed by atoms with Gasteiger partial charge in [0, 0.05) is 0 Å². The van der Waals surface area contributed by atoms with Crippen LogP contribution in [0.2, 0.25) is 0 Å². The smallest absolute Gasteiger partial charge is 0.306 e. The first-order valence-electron chi connectivity index (χ1n) is 15.9. The Morgan fingerprint density at radius 2 is 1.59 bits per heavy atom. The molecule has 0 spiro atoms. The fraction of sp³-hybridized carbons (Fsp3) is 0.939. The normalized spacial score (nSPS) is 38.8. The Morgan fingerprint density at radius 3 is 2.32 bits per heavy atom. The molecule has 0 saturated heterocycles. The lowest BCUT2D eigenvalue weighted by Gasteiger charge is -2.61. The third-order valence-electron chi connectivity index (χ3n) is 12.6. The first-order valence-corrected chi connectivity index (χ1v) is 15.9. The molecule has 3 unspecified atom stereocenters. The summed E-state index contributed by atoms with van der Waals surface area (Å²) in [5.41, 5.74) is 1.17. The van der Waals surface area contributed by atoms with Crippen LogP contribution in [0.3, 0.4) is 0 Å². The van der Waals surface area contributed by atoms with Gasteiger partial charge < -0.3 is 9.84 Å². The Balaban J connectivity index is 1.30. The second kappa shape index (κ2) is 12.0. The molecule has 4 heteroatoms. The Morgan fingerprint density at radius 1 is 0.838 bits per heavy atom. The minimum absolute atomic E-state index is 0.0260. The van der Waals surface area contributed by atoms with E-state index in [0.29, 0.717) is 29.3 Å². The Bertz CT molecular complexity index is 791. The minimum atomic E-state index is -0.946. The van der Waals surface area contributed by atoms with E-state index in [2.05, 4.69) is 34.6 Å². The van der Waals surface area contributed by atoms with Gasteiger partial charge in [0.05, 0.1) is 19.4 Å². The number of ether oxygens (including phenoxy) is 1. The van der Waals surface area contributed by atoms with E-state index in [0.717, 1.165) is 41.9 Å². The highest BCUT2D eigenvalue weighted by Crippen LogP contribution is 2.68. The summed E-state index contributed by atoms with van der Waals surface area (Å²) < 4.78 is 5.36. The van der Waals surface area contributed by atoms with Crippen molar-refractivity contribution in [3.63, 3.8) is 0 Å². The number of carbonyl (C=O) groups is 2. The zero-order valence-electron chi connectivity index (χ0n) is 24.6. The third-order valence-corrected chi connectivity index (χ3v) is 12.6. The number of fused-ring (bicyclic) bond motifs is 5. The van der Waals surface area contributed by atoms with Crippen LogP contribution in [0.5, 0.6) is 0 Å². The molecule has 4 saturated carbocycles. The third kappa shape index (κ3) is 6.08. The van der Waals surface area contributed by atoms with E-state index >= 15 is 0 Å². The predicted octanol–water partition coefficient (Wildman–Crippen LogP) is 8.52. The van der Waals surface area contributed by atoms with Crippen molar-refractivity contribution in [1.29, 1.82) is 0 Å². The lowest BCUT2D eigenvalue weighted by atomic mass is 9.44. The minimum Gasteiger partial charge on any atom is -0.481 e. The number of aliphatic carboxylic acids is 1. The lowest BCUT2D eigenvalue weighted by molar-refractivity contribution is -0.148. The molecule has 0 radical (unpaired) electrons. The van der Waals surface area contributed by atoms with E-state index in [1.807, 2.05) is 0 Å². The zero-order valence-corrected chi connectivity index (χ0v) is 24.6. The van der Waals surface area contributed by atoms with Crippen LogP contribution in [0.4, 0.5) is 0 Å². The summed E-state index contributed by atoms with van der Waals surface area (Å²) in [7, 11) is 0. The zero-order chi connectivity index (χ0) is 26.8. The maximum atomic E-state index is 11.8. The maximum absolute atomic E-state index is 11.8. The second-order valence-corrected chi connectivity index (χ2v) is 14.6. The van der Waals surface area contributed by atoms with Gasteiger partial charge in [-0.1, -0.05) is 53.9 Å².